The van der Waals surface area contributed by atoms with Crippen molar-refractivity contribution in [1.29, 1.82) is 0 Å². The molecule has 0 amide bonds. The Morgan fingerprint density at radius 2 is 0.540 bits per heavy atom. The Balaban J connectivity index is -0.000000178. The van der Waals surface area contributed by atoms with Gasteiger partial charge in [-0.2, -0.15) is 0 Å². The van der Waals surface area contributed by atoms with Gasteiger partial charge in [0.1, 0.15) is 124 Å². The van der Waals surface area contributed by atoms with Crippen molar-refractivity contribution in [3.63, 3.8) is 0 Å². The highest BCUT2D eigenvalue weighted by Gasteiger charge is 2.52. The maximum absolute atomic E-state index is 9.41. The van der Waals surface area contributed by atoms with E-state index in [9.17, 15) is 61.3 Å². The van der Waals surface area contributed by atoms with Crippen molar-refractivity contribution in [2.75, 3.05) is 264 Å². The van der Waals surface area contributed by atoms with Crippen LogP contribution in [0.4, 0.5) is 0 Å². The molecule has 3 fully saturated rings. The van der Waals surface area contributed by atoms with Gasteiger partial charge in [0.2, 0.25) is 0 Å². The average Bonchev–Trinajstić information content (AvgIpc) is 0.763. The van der Waals surface area contributed by atoms with Gasteiger partial charge in [-0.1, -0.05) is 67.7 Å². The summed E-state index contributed by atoms with van der Waals surface area (Å²) in [5.74, 6) is -0.0799. The van der Waals surface area contributed by atoms with Gasteiger partial charge in [0.15, 0.2) is 12.6 Å². The molecule has 2 aliphatic heterocycles. The Morgan fingerprint density at radius 1 is 0.280 bits per heavy atom. The van der Waals surface area contributed by atoms with Gasteiger partial charge in [-0.05, 0) is 71.6 Å². The standard InChI is InChI=1S/C12H26O5.C11H22O4.C10H22O5.C8H18O7.C8H18O5.C6H12O6.C6H14O6.C6H12O5.C6H14O3.C5H12O4.C5H12O3.C4H10O4.C3H8O3/c1-3-5-11(7-13,8-14)17-12(9-15,10-16)6-4-2;1-9-10(5-12,6-13)3-2-4-11(9,7-14)8-15;1-3-9(5-11,6-12)15-10(4-2,7-13)8-14;9-1-7(2-10,3-11)15-8(4-12,5-13)6-14;1-7(3-9,4-10)13-8(2,5-11)6-12;7-1-2-3(8)4(9)5(10)6(11)12-2;7-1-3(9)5(11)6(12)4(10)2-8;1-2-3(7)4(8)5(9)6(10)11-2;1-2-6(3-7,4-8)5-9;6-1-5(2-7,3-8)4-9;1-5(2-6,3-7)4-8;5-1-4(8,2-6)3-7;4-1-3(6)2-5/h13-16H,3-10H2,1-2H3;9,12-15H,2-8H2,1H3;11-14H,3-8H2,1-2H3;9-14H,1-6H2;9-12H,3-6H2,1-2H3;2-11H,1H2;3-12H,1-2H2;2-10H,1H3;7-9H,2-5H2,1H3;6-9H,1-4H2;6-8H,2-4H2,1H3;5-8H,1-3H2;3-6H,1-2H2. The lowest BCUT2D eigenvalue weighted by Crippen LogP contribution is -2.58. The molecule has 920 valence electrons. The van der Waals surface area contributed by atoms with E-state index in [4.69, 9.17) is 233 Å². The second kappa shape index (κ2) is 90.2. The van der Waals surface area contributed by atoms with Crippen LogP contribution in [0.15, 0.2) is 0 Å². The van der Waals surface area contributed by atoms with Gasteiger partial charge < -0.3 is 304 Å². The van der Waals surface area contributed by atoms with E-state index in [0.29, 0.717) is 32.1 Å². The molecule has 0 aromatic rings. The molecule has 3 rings (SSSR count). The topological polar surface area (TPSA) is 1150 Å². The molecular weight excluding hydrogens is 2040 g/mol. The highest BCUT2D eigenvalue weighted by molar-refractivity contribution is 5.00. The third-order valence-electron chi connectivity index (χ3n) is 25.1. The predicted molar refractivity (Wildman–Crippen MR) is 521 cm³/mol. The summed E-state index contributed by atoms with van der Waals surface area (Å²) in [5, 5.41) is 477. The number of aliphatic hydroxyl groups is 54. The summed E-state index contributed by atoms with van der Waals surface area (Å²) in [5.41, 5.74) is -15.3. The van der Waals surface area contributed by atoms with Crippen molar-refractivity contribution in [3.8, 4) is 0 Å². The molecule has 3 aliphatic rings. The zero-order chi connectivity index (χ0) is 120. The molecule has 54 N–H and O–H groups in total. The van der Waals surface area contributed by atoms with Crippen LogP contribution in [0.5, 0.6) is 0 Å². The zero-order valence-corrected chi connectivity index (χ0v) is 88.2. The van der Waals surface area contributed by atoms with Gasteiger partial charge >= 0.3 is 0 Å². The van der Waals surface area contributed by atoms with E-state index in [1.807, 2.05) is 27.7 Å². The Labute approximate surface area is 874 Å². The van der Waals surface area contributed by atoms with Crippen molar-refractivity contribution in [1.82, 2.24) is 0 Å². The fourth-order valence-corrected chi connectivity index (χ4v) is 11.8. The van der Waals surface area contributed by atoms with E-state index >= 15 is 0 Å². The number of ether oxygens (including phenoxy) is 6. The van der Waals surface area contributed by atoms with E-state index in [0.717, 1.165) is 32.1 Å². The van der Waals surface area contributed by atoms with Crippen LogP contribution in [-0.2, 0) is 28.4 Å². The molecule has 14 unspecified atom stereocenters. The predicted octanol–water partition coefficient (Wildman–Crippen LogP) is -22.7. The van der Waals surface area contributed by atoms with E-state index < -0.39 is 275 Å². The summed E-state index contributed by atoms with van der Waals surface area (Å²) in [7, 11) is 0. The summed E-state index contributed by atoms with van der Waals surface area (Å²) in [4.78, 5) is 0. The van der Waals surface area contributed by atoms with Gasteiger partial charge in [-0.15, -0.1) is 0 Å². The summed E-state index contributed by atoms with van der Waals surface area (Å²) in [6.07, 6.45) is -14.2. The minimum Gasteiger partial charge on any atom is -0.396 e. The van der Waals surface area contributed by atoms with Crippen LogP contribution in [0, 0.1) is 33.0 Å². The van der Waals surface area contributed by atoms with E-state index in [1.54, 1.807) is 20.8 Å². The van der Waals surface area contributed by atoms with Crippen molar-refractivity contribution >= 4 is 0 Å². The fourth-order valence-electron chi connectivity index (χ4n) is 11.8. The minimum absolute atomic E-state index is 0.0799. The van der Waals surface area contributed by atoms with Crippen LogP contribution in [-0.4, -0.2) is 682 Å². The van der Waals surface area contributed by atoms with E-state index in [1.165, 1.54) is 20.8 Å². The fraction of sp³-hybridized carbons (Fsp3) is 1.00. The van der Waals surface area contributed by atoms with Crippen LogP contribution in [0.3, 0.4) is 0 Å². The maximum Gasteiger partial charge on any atom is 0.184 e. The highest BCUT2D eigenvalue weighted by atomic mass is 16.7. The maximum atomic E-state index is 9.41. The first-order valence-corrected chi connectivity index (χ1v) is 48.1. The number of hydrogen-bond donors (Lipinski definition) is 54. The first-order chi connectivity index (χ1) is 70.1. The SMILES string of the molecule is CC(CO)(CO)CO.CC(CO)(CO)OC(C)(CO)CO.CC1C(CO)(CO)CCCC1(CO)CO.CC1OC(O)C(O)C(O)C1O.CCC(CO)(CO)CO.CCC(CO)(CO)OC(CC)(CO)CO.CCCC(CO)(CO)OC(CO)(CO)CCC.OCC(CO)(CO)CO.OCC(CO)(CO)OC(CO)(CO)CO.OCC(O)(CO)CO.OCC(O)C(O)C(O)C(O)CO.OCC(O)CO.OCC1OC(O)C(O)C(O)C1O. The Kier molecular flexibility index (Phi) is 101. The zero-order valence-electron chi connectivity index (χ0n) is 88.2. The van der Waals surface area contributed by atoms with Crippen molar-refractivity contribution < 1.29 is 304 Å². The molecule has 2 saturated heterocycles. The van der Waals surface area contributed by atoms with E-state index in [2.05, 4.69) is 9.47 Å². The largest absolute Gasteiger partial charge is 0.396 e. The molecular formula is C90H200O60. The molecule has 1 saturated carbocycles. The molecule has 150 heavy (non-hydrogen) atoms. The molecule has 0 spiro atoms. The number of rotatable bonds is 58. The normalized spacial score (nSPS) is 20.5. The van der Waals surface area contributed by atoms with Gasteiger partial charge in [0.05, 0.1) is 276 Å². The molecule has 0 aromatic heterocycles. The second-order valence-electron chi connectivity index (χ2n) is 37.8. The number of hydrogen-bond acceptors (Lipinski definition) is 60. The lowest BCUT2D eigenvalue weighted by atomic mass is 9.56. The summed E-state index contributed by atoms with van der Waals surface area (Å²) in [6.45, 7) is 1.17. The van der Waals surface area contributed by atoms with Crippen LogP contribution in [0.2, 0.25) is 0 Å². The first-order valence-electron chi connectivity index (χ1n) is 48.1. The number of aliphatic hydroxyl groups excluding tert-OH is 53. The molecule has 1 aliphatic carbocycles. The Hall–Kier alpha value is -2.40. The molecule has 0 bridgehead atoms. The summed E-state index contributed by atoms with van der Waals surface area (Å²) in [6, 6.07) is 0. The average molecular weight is 2240 g/mol. The lowest BCUT2D eigenvalue weighted by molar-refractivity contribution is -0.286. The molecule has 60 heteroatoms. The molecule has 14 atom stereocenters. The Bertz CT molecular complexity index is 2610. The summed E-state index contributed by atoms with van der Waals surface area (Å²) >= 11 is 0. The van der Waals surface area contributed by atoms with Gasteiger partial charge in [-0.3, -0.25) is 0 Å². The van der Waals surface area contributed by atoms with Crippen LogP contribution < -0.4 is 0 Å². The Morgan fingerprint density at radius 3 is 0.713 bits per heavy atom. The van der Waals surface area contributed by atoms with Crippen molar-refractivity contribution in [3.05, 3.63) is 0 Å². The monoisotopic (exact) mass is 2240 g/mol. The molecule has 0 aromatic carbocycles. The van der Waals surface area contributed by atoms with Gasteiger partial charge in [-0.25, -0.2) is 0 Å². The first kappa shape index (κ1) is 168. The minimum atomic E-state index is -1.71. The van der Waals surface area contributed by atoms with Crippen molar-refractivity contribution in [2.45, 2.75) is 276 Å². The smallest absolute Gasteiger partial charge is 0.184 e. The second-order valence-corrected chi connectivity index (χ2v) is 37.8. The van der Waals surface area contributed by atoms with E-state index in [-0.39, 0.29) is 164 Å². The van der Waals surface area contributed by atoms with Crippen LogP contribution in [0.1, 0.15) is 133 Å². The molecule has 2 heterocycles. The highest BCUT2D eigenvalue weighted by Crippen LogP contribution is 2.51. The van der Waals surface area contributed by atoms with Crippen LogP contribution >= 0.6 is 0 Å². The lowest BCUT2D eigenvalue weighted by Gasteiger charge is -2.51. The summed E-state index contributed by atoms with van der Waals surface area (Å²) < 4.78 is 30.7. The third-order valence-corrected chi connectivity index (χ3v) is 25.1. The molecule has 0 radical (unpaired) electrons. The van der Waals surface area contributed by atoms with Gasteiger partial charge in [0, 0.05) is 21.7 Å². The third kappa shape index (κ3) is 59.8. The molecule has 60 nitrogen and oxygen atoms in total. The van der Waals surface area contributed by atoms with Crippen molar-refractivity contribution in [2.24, 2.45) is 33.0 Å². The van der Waals surface area contributed by atoms with Crippen LogP contribution in [0.25, 0.3) is 0 Å². The quantitative estimate of drug-likeness (QED) is 0.0269. The van der Waals surface area contributed by atoms with Gasteiger partial charge in [0.25, 0.3) is 0 Å².